The average Bonchev–Trinajstić information content (AvgIpc) is 1.98. The summed E-state index contributed by atoms with van der Waals surface area (Å²) in [6.07, 6.45) is 0. The molecule has 46 valence electrons. The Hall–Kier alpha value is -0.340. The van der Waals surface area contributed by atoms with Crippen molar-refractivity contribution in [3.05, 3.63) is 12.2 Å². The molecule has 0 aromatic heterocycles. The van der Waals surface area contributed by atoms with Gasteiger partial charge >= 0.3 is 0 Å². The normalized spacial score (nSPS) is 38.5. The first-order valence-corrected chi connectivity index (χ1v) is 2.91. The van der Waals surface area contributed by atoms with Crippen molar-refractivity contribution in [2.24, 2.45) is 0 Å². The molecule has 1 fully saturated rings. The van der Waals surface area contributed by atoms with E-state index in [0.717, 1.165) is 0 Å². The molecule has 0 saturated carbocycles. The van der Waals surface area contributed by atoms with E-state index in [-0.39, 0.29) is 0 Å². The first kappa shape index (κ1) is 5.79. The van der Waals surface area contributed by atoms with Crippen LogP contribution in [0.5, 0.6) is 0 Å². The van der Waals surface area contributed by atoms with Gasteiger partial charge in [0.05, 0.1) is 0 Å². The van der Waals surface area contributed by atoms with Crippen LogP contribution < -0.4 is 10.9 Å². The summed E-state index contributed by atoms with van der Waals surface area (Å²) in [5.74, 6) is 0. The maximum absolute atomic E-state index is 3.89. The van der Waals surface area contributed by atoms with Gasteiger partial charge in [-0.3, -0.25) is 10.9 Å². The zero-order valence-corrected chi connectivity index (χ0v) is 5.36. The maximum atomic E-state index is 3.89. The minimum Gasteiger partial charge on any atom is -0.250 e. The number of nitrogens with one attached hydrogen (secondary N) is 2. The highest BCUT2D eigenvalue weighted by Gasteiger charge is 2.19. The van der Waals surface area contributed by atoms with E-state index in [1.807, 2.05) is 0 Å². The Labute approximate surface area is 49.9 Å². The molecule has 2 heteroatoms. The topological polar surface area (TPSA) is 24.1 Å². The van der Waals surface area contributed by atoms with Crippen LogP contribution in [-0.2, 0) is 0 Å². The van der Waals surface area contributed by atoms with Crippen LogP contribution >= 0.6 is 0 Å². The van der Waals surface area contributed by atoms with Crippen LogP contribution in [0.4, 0.5) is 0 Å². The van der Waals surface area contributed by atoms with Gasteiger partial charge in [0, 0.05) is 12.1 Å². The Morgan fingerprint density at radius 3 is 1.75 bits per heavy atom. The summed E-state index contributed by atoms with van der Waals surface area (Å²) < 4.78 is 0. The lowest BCUT2D eigenvalue weighted by Gasteiger charge is -2.01. The molecule has 1 aliphatic heterocycles. The molecule has 2 N–H and O–H groups in total. The molecule has 0 aromatic rings. The van der Waals surface area contributed by atoms with Gasteiger partial charge in [-0.1, -0.05) is 6.58 Å². The Balaban J connectivity index is 2.57. The van der Waals surface area contributed by atoms with Crippen molar-refractivity contribution in [1.29, 1.82) is 0 Å². The Morgan fingerprint density at radius 2 is 1.62 bits per heavy atom. The minimum atomic E-state index is 0.435. The van der Waals surface area contributed by atoms with E-state index in [4.69, 9.17) is 0 Å². The van der Waals surface area contributed by atoms with Crippen molar-refractivity contribution in [3.63, 3.8) is 0 Å². The molecule has 0 radical (unpaired) electrons. The van der Waals surface area contributed by atoms with Crippen LogP contribution in [0.1, 0.15) is 13.8 Å². The summed E-state index contributed by atoms with van der Waals surface area (Å²) in [5, 5.41) is 0. The highest BCUT2D eigenvalue weighted by Crippen LogP contribution is 2.08. The molecule has 1 saturated heterocycles. The Morgan fingerprint density at radius 1 is 1.25 bits per heavy atom. The third-order valence-corrected chi connectivity index (χ3v) is 1.63. The molecule has 8 heavy (non-hydrogen) atoms. The predicted molar refractivity (Wildman–Crippen MR) is 34.3 cm³/mol. The van der Waals surface area contributed by atoms with Crippen LogP contribution in [-0.4, -0.2) is 12.1 Å². The molecule has 1 aliphatic rings. The predicted octanol–water partition coefficient (Wildman–Crippen LogP) is 0.427. The van der Waals surface area contributed by atoms with Crippen molar-refractivity contribution >= 4 is 0 Å². The van der Waals surface area contributed by atoms with Crippen LogP contribution in [0.3, 0.4) is 0 Å². The lowest BCUT2D eigenvalue weighted by atomic mass is 10.1. The van der Waals surface area contributed by atoms with Crippen LogP contribution in [0, 0.1) is 0 Å². The lowest BCUT2D eigenvalue weighted by Crippen LogP contribution is -2.30. The van der Waals surface area contributed by atoms with Crippen molar-refractivity contribution in [2.75, 3.05) is 0 Å². The van der Waals surface area contributed by atoms with Crippen LogP contribution in [0.2, 0.25) is 0 Å². The Bertz CT molecular complexity index is 97.1. The molecule has 2 unspecified atom stereocenters. The van der Waals surface area contributed by atoms with Gasteiger partial charge in [-0.05, 0) is 19.4 Å². The molecule has 2 nitrogen and oxygen atoms in total. The van der Waals surface area contributed by atoms with E-state index in [9.17, 15) is 0 Å². The third kappa shape index (κ3) is 0.767. The third-order valence-electron chi connectivity index (χ3n) is 1.63. The van der Waals surface area contributed by atoms with E-state index in [1.54, 1.807) is 0 Å². The summed E-state index contributed by atoms with van der Waals surface area (Å²) >= 11 is 0. The standard InChI is InChI=1S/C6H12N2/c1-4-5(2)7-8-6(4)3/h5-8H,1H2,2-3H3. The molecule has 0 amide bonds. The van der Waals surface area contributed by atoms with Gasteiger partial charge in [0.25, 0.3) is 0 Å². The number of hydrogen-bond acceptors (Lipinski definition) is 2. The molecule has 0 aliphatic carbocycles. The second-order valence-corrected chi connectivity index (χ2v) is 2.31. The summed E-state index contributed by atoms with van der Waals surface area (Å²) in [4.78, 5) is 0. The van der Waals surface area contributed by atoms with E-state index in [1.165, 1.54) is 5.57 Å². The number of rotatable bonds is 0. The second kappa shape index (κ2) is 1.88. The highest BCUT2D eigenvalue weighted by molar-refractivity contribution is 5.14. The molecular formula is C6H12N2. The molecule has 0 aromatic carbocycles. The molecule has 0 spiro atoms. The van der Waals surface area contributed by atoms with Gasteiger partial charge < -0.3 is 0 Å². The van der Waals surface area contributed by atoms with Gasteiger partial charge in [0.1, 0.15) is 0 Å². The smallest absolute Gasteiger partial charge is 0.0406 e. The summed E-state index contributed by atoms with van der Waals surface area (Å²) in [7, 11) is 0. The lowest BCUT2D eigenvalue weighted by molar-refractivity contribution is 0.567. The number of hydrazine groups is 1. The second-order valence-electron chi connectivity index (χ2n) is 2.31. The summed E-state index contributed by atoms with van der Waals surface area (Å²) in [6, 6.07) is 0.870. The monoisotopic (exact) mass is 112 g/mol. The molecule has 0 bridgehead atoms. The van der Waals surface area contributed by atoms with E-state index in [0.29, 0.717) is 12.1 Å². The average molecular weight is 112 g/mol. The van der Waals surface area contributed by atoms with Gasteiger partial charge in [-0.15, -0.1) is 0 Å². The number of hydrogen-bond donors (Lipinski definition) is 2. The zero-order chi connectivity index (χ0) is 6.15. The van der Waals surface area contributed by atoms with Crippen molar-refractivity contribution in [3.8, 4) is 0 Å². The van der Waals surface area contributed by atoms with Crippen LogP contribution in [0.25, 0.3) is 0 Å². The Kier molecular flexibility index (Phi) is 1.36. The fraction of sp³-hybridized carbons (Fsp3) is 0.667. The molecule has 1 heterocycles. The van der Waals surface area contributed by atoms with Crippen molar-refractivity contribution in [1.82, 2.24) is 10.9 Å². The fourth-order valence-electron chi connectivity index (χ4n) is 0.810. The highest BCUT2D eigenvalue weighted by atomic mass is 15.4. The van der Waals surface area contributed by atoms with Crippen molar-refractivity contribution in [2.45, 2.75) is 25.9 Å². The molecule has 1 rings (SSSR count). The van der Waals surface area contributed by atoms with E-state index in [2.05, 4.69) is 31.3 Å². The molecule has 2 atom stereocenters. The fourth-order valence-corrected chi connectivity index (χ4v) is 0.810. The quantitative estimate of drug-likeness (QED) is 0.444. The molecular weight excluding hydrogens is 100 g/mol. The van der Waals surface area contributed by atoms with Crippen molar-refractivity contribution < 1.29 is 0 Å². The minimum absolute atomic E-state index is 0.435. The maximum Gasteiger partial charge on any atom is 0.0406 e. The van der Waals surface area contributed by atoms with E-state index >= 15 is 0 Å². The first-order valence-electron chi connectivity index (χ1n) is 2.91. The largest absolute Gasteiger partial charge is 0.250 e. The SMILES string of the molecule is C=C1C(C)NNC1C. The first-order chi connectivity index (χ1) is 3.72. The summed E-state index contributed by atoms with van der Waals surface area (Å²) in [5.41, 5.74) is 7.38. The van der Waals surface area contributed by atoms with Gasteiger partial charge in [0.15, 0.2) is 0 Å². The zero-order valence-electron chi connectivity index (χ0n) is 5.36. The summed E-state index contributed by atoms with van der Waals surface area (Å²) in [6.45, 7) is 8.08. The van der Waals surface area contributed by atoms with Gasteiger partial charge in [0.2, 0.25) is 0 Å². The van der Waals surface area contributed by atoms with E-state index < -0.39 is 0 Å². The van der Waals surface area contributed by atoms with Gasteiger partial charge in [-0.25, -0.2) is 0 Å². The van der Waals surface area contributed by atoms with Gasteiger partial charge in [-0.2, -0.15) is 0 Å². The van der Waals surface area contributed by atoms with Crippen LogP contribution in [0.15, 0.2) is 12.2 Å².